The Bertz CT molecular complexity index is 1170. The molecule has 29 heavy (non-hydrogen) atoms. The molecule has 1 amide bonds. The fourth-order valence-electron chi connectivity index (χ4n) is 3.13. The van der Waals surface area contributed by atoms with Crippen LogP contribution < -0.4 is 4.74 Å². The molecule has 3 heterocycles. The lowest BCUT2D eigenvalue weighted by atomic mass is 10.1. The maximum Gasteiger partial charge on any atom is 0.272 e. The molecule has 8 nitrogen and oxygen atoms in total. The number of amides is 1. The molecule has 3 aromatic heterocycles. The molecule has 0 aliphatic heterocycles. The molecular formula is C20H19FN6O2. The van der Waals surface area contributed by atoms with Gasteiger partial charge in [-0.1, -0.05) is 18.2 Å². The average molecular weight is 394 g/mol. The second kappa shape index (κ2) is 7.70. The topological polar surface area (TPSA) is 88.9 Å². The Labute approximate surface area is 166 Å². The van der Waals surface area contributed by atoms with Crippen LogP contribution in [0.15, 0.2) is 49.2 Å². The van der Waals surface area contributed by atoms with E-state index in [2.05, 4.69) is 20.2 Å². The minimum absolute atomic E-state index is 0.233. The maximum absolute atomic E-state index is 13.3. The Morgan fingerprint density at radius 3 is 2.93 bits per heavy atom. The van der Waals surface area contributed by atoms with Gasteiger partial charge in [0, 0.05) is 25.0 Å². The zero-order valence-corrected chi connectivity index (χ0v) is 16.0. The third-order valence-electron chi connectivity index (χ3n) is 4.51. The number of nitrogens with zero attached hydrogens (tertiary/aromatic N) is 5. The first-order valence-electron chi connectivity index (χ1n) is 9.06. The van der Waals surface area contributed by atoms with Gasteiger partial charge < -0.3 is 9.64 Å². The number of hydrogen-bond acceptors (Lipinski definition) is 5. The Morgan fingerprint density at radius 2 is 2.17 bits per heavy atom. The van der Waals surface area contributed by atoms with E-state index < -0.39 is 5.95 Å². The van der Waals surface area contributed by atoms with E-state index in [0.29, 0.717) is 24.6 Å². The molecule has 4 aromatic rings. The van der Waals surface area contributed by atoms with Gasteiger partial charge in [-0.2, -0.15) is 9.49 Å². The smallest absolute Gasteiger partial charge is 0.272 e. The van der Waals surface area contributed by atoms with Crippen LogP contribution in [0.1, 0.15) is 23.0 Å². The van der Waals surface area contributed by atoms with Crippen molar-refractivity contribution >= 4 is 16.8 Å². The van der Waals surface area contributed by atoms with E-state index in [4.69, 9.17) is 4.74 Å². The van der Waals surface area contributed by atoms with E-state index >= 15 is 0 Å². The Kier molecular flexibility index (Phi) is 4.94. The van der Waals surface area contributed by atoms with Gasteiger partial charge in [0.15, 0.2) is 0 Å². The van der Waals surface area contributed by atoms with E-state index in [9.17, 15) is 9.18 Å². The van der Waals surface area contributed by atoms with Gasteiger partial charge in [-0.05, 0) is 12.5 Å². The van der Waals surface area contributed by atoms with E-state index in [-0.39, 0.29) is 11.6 Å². The molecule has 0 aliphatic rings. The van der Waals surface area contributed by atoms with Gasteiger partial charge in [0.2, 0.25) is 5.95 Å². The number of nitrogens with one attached hydrogen (secondary N) is 1. The first-order chi connectivity index (χ1) is 14.1. The number of H-pyrrole nitrogens is 1. The van der Waals surface area contributed by atoms with Crippen molar-refractivity contribution in [1.82, 2.24) is 29.6 Å². The van der Waals surface area contributed by atoms with Gasteiger partial charge in [0.25, 0.3) is 5.91 Å². The number of para-hydroxylation sites is 1. The fraction of sp³-hybridized carbons (Fsp3) is 0.200. The normalized spacial score (nSPS) is 11.0. The first-order valence-corrected chi connectivity index (χ1v) is 9.06. The number of pyridine rings is 1. The summed E-state index contributed by atoms with van der Waals surface area (Å²) in [6.45, 7) is 2.61. The number of carbonyl (C=O) groups excluding carboxylic acids is 1. The number of fused-ring (bicyclic) bond motifs is 1. The summed E-state index contributed by atoms with van der Waals surface area (Å²) < 4.78 is 20.4. The van der Waals surface area contributed by atoms with E-state index in [0.717, 1.165) is 16.5 Å². The first kappa shape index (κ1) is 18.6. The molecule has 4 rings (SSSR count). The summed E-state index contributed by atoms with van der Waals surface area (Å²) >= 11 is 0. The van der Waals surface area contributed by atoms with Crippen LogP contribution in [0, 0.1) is 5.95 Å². The quantitative estimate of drug-likeness (QED) is 0.543. The zero-order valence-electron chi connectivity index (χ0n) is 16.0. The molecule has 1 N–H and O–H groups in total. The minimum Gasteiger partial charge on any atom is -0.492 e. The number of hydrogen-bond donors (Lipinski definition) is 1. The molecule has 148 valence electrons. The average Bonchev–Trinajstić information content (AvgIpc) is 3.37. The number of ether oxygens (including phenoxy) is 1. The maximum atomic E-state index is 13.3. The van der Waals surface area contributed by atoms with Gasteiger partial charge in [-0.3, -0.25) is 14.5 Å². The largest absolute Gasteiger partial charge is 0.492 e. The van der Waals surface area contributed by atoms with Crippen LogP contribution in [-0.2, 0) is 6.54 Å². The Morgan fingerprint density at radius 1 is 1.31 bits per heavy atom. The third kappa shape index (κ3) is 3.66. The standard InChI is InChI=1S/C20H19FN6O2/c1-3-29-17-7-15(22-9-16(17)27-11-18(21)23-12-27)20(28)26(2)10-14-6-4-5-13-8-24-25-19(13)14/h4-9,11-12H,3,10H2,1-2H3,(H,24,25). The number of rotatable bonds is 6. The predicted molar refractivity (Wildman–Crippen MR) is 104 cm³/mol. The molecule has 0 saturated heterocycles. The summed E-state index contributed by atoms with van der Waals surface area (Å²) in [4.78, 5) is 22.3. The molecule has 0 saturated carbocycles. The number of carbonyl (C=O) groups is 1. The minimum atomic E-state index is -0.611. The van der Waals surface area contributed by atoms with E-state index in [1.54, 1.807) is 24.2 Å². The van der Waals surface area contributed by atoms with Crippen LogP contribution >= 0.6 is 0 Å². The molecular weight excluding hydrogens is 375 g/mol. The van der Waals surface area contributed by atoms with Crippen molar-refractivity contribution in [2.75, 3.05) is 13.7 Å². The van der Waals surface area contributed by atoms with Crippen LogP contribution in [0.2, 0.25) is 0 Å². The van der Waals surface area contributed by atoms with Crippen LogP contribution in [0.4, 0.5) is 4.39 Å². The Balaban J connectivity index is 1.60. The highest BCUT2D eigenvalue weighted by Crippen LogP contribution is 2.24. The lowest BCUT2D eigenvalue weighted by molar-refractivity contribution is 0.0779. The summed E-state index contributed by atoms with van der Waals surface area (Å²) in [6, 6.07) is 7.39. The summed E-state index contributed by atoms with van der Waals surface area (Å²) in [6.07, 6.45) is 5.77. The van der Waals surface area contributed by atoms with E-state index in [1.807, 2.05) is 25.1 Å². The van der Waals surface area contributed by atoms with E-state index in [1.165, 1.54) is 23.3 Å². The van der Waals surface area contributed by atoms with Gasteiger partial charge in [-0.25, -0.2) is 9.97 Å². The lowest BCUT2D eigenvalue weighted by Crippen LogP contribution is -2.27. The number of benzene rings is 1. The van der Waals surface area contributed by atoms with Crippen molar-refractivity contribution in [2.24, 2.45) is 0 Å². The molecule has 0 fully saturated rings. The van der Waals surface area contributed by atoms with Gasteiger partial charge >= 0.3 is 0 Å². The third-order valence-corrected chi connectivity index (χ3v) is 4.51. The summed E-state index contributed by atoms with van der Waals surface area (Å²) in [5.74, 6) is -0.446. The summed E-state index contributed by atoms with van der Waals surface area (Å²) in [7, 11) is 1.71. The molecule has 0 radical (unpaired) electrons. The summed E-state index contributed by atoms with van der Waals surface area (Å²) in [5, 5.41) is 8.00. The highest BCUT2D eigenvalue weighted by molar-refractivity contribution is 5.93. The highest BCUT2D eigenvalue weighted by Gasteiger charge is 2.18. The lowest BCUT2D eigenvalue weighted by Gasteiger charge is -2.18. The van der Waals surface area contributed by atoms with Crippen molar-refractivity contribution < 1.29 is 13.9 Å². The van der Waals surface area contributed by atoms with Crippen molar-refractivity contribution in [1.29, 1.82) is 0 Å². The van der Waals surface area contributed by atoms with Crippen LogP contribution in [0.5, 0.6) is 5.75 Å². The van der Waals surface area contributed by atoms with Crippen molar-refractivity contribution in [3.8, 4) is 11.4 Å². The number of halogens is 1. The van der Waals surface area contributed by atoms with Crippen LogP contribution in [0.25, 0.3) is 16.6 Å². The molecule has 0 aliphatic carbocycles. The van der Waals surface area contributed by atoms with Gasteiger partial charge in [-0.15, -0.1) is 0 Å². The number of imidazole rings is 1. The molecule has 0 atom stereocenters. The zero-order chi connectivity index (χ0) is 20.4. The molecule has 9 heteroatoms. The summed E-state index contributed by atoms with van der Waals surface area (Å²) in [5.41, 5.74) is 2.58. The SMILES string of the molecule is CCOc1cc(C(=O)N(C)Cc2cccc3cn[nH]c23)ncc1-n1cnc(F)c1. The monoisotopic (exact) mass is 394 g/mol. The molecule has 1 aromatic carbocycles. The number of aromatic nitrogens is 5. The predicted octanol–water partition coefficient (Wildman–Crippen LogP) is 2.95. The number of aromatic amines is 1. The molecule has 0 unspecified atom stereocenters. The molecule has 0 spiro atoms. The van der Waals surface area contributed by atoms with Gasteiger partial charge in [0.1, 0.15) is 23.5 Å². The highest BCUT2D eigenvalue weighted by atomic mass is 19.1. The second-order valence-corrected chi connectivity index (χ2v) is 6.49. The van der Waals surface area contributed by atoms with Crippen molar-refractivity contribution in [3.05, 3.63) is 66.4 Å². The van der Waals surface area contributed by atoms with Crippen molar-refractivity contribution in [3.63, 3.8) is 0 Å². The van der Waals surface area contributed by atoms with Crippen LogP contribution in [0.3, 0.4) is 0 Å². The second-order valence-electron chi connectivity index (χ2n) is 6.49. The fourth-order valence-corrected chi connectivity index (χ4v) is 3.13. The van der Waals surface area contributed by atoms with Crippen LogP contribution in [-0.4, -0.2) is 49.2 Å². The molecule has 0 bridgehead atoms. The Hall–Kier alpha value is -3.75. The van der Waals surface area contributed by atoms with Gasteiger partial charge in [0.05, 0.1) is 30.7 Å². The van der Waals surface area contributed by atoms with Crippen molar-refractivity contribution in [2.45, 2.75) is 13.5 Å².